The normalized spacial score (nSPS) is 16.2. The zero-order valence-corrected chi connectivity index (χ0v) is 14.9. The van der Waals surface area contributed by atoms with E-state index in [0.717, 1.165) is 25.6 Å². The number of nitrogens with two attached hydrogens (primary N) is 1. The Kier molecular flexibility index (Phi) is 9.04. The largest absolute Gasteiger partial charge is 0.386 e. The molecule has 4 nitrogen and oxygen atoms in total. The fourth-order valence-corrected chi connectivity index (χ4v) is 2.52. The van der Waals surface area contributed by atoms with Crippen LogP contribution >= 0.6 is 0 Å². The van der Waals surface area contributed by atoms with Gasteiger partial charge in [0, 0.05) is 45.1 Å². The summed E-state index contributed by atoms with van der Waals surface area (Å²) in [5, 5.41) is 3.19. The van der Waals surface area contributed by atoms with Crippen LogP contribution in [0.2, 0.25) is 0 Å². The number of alkyl halides is 3. The summed E-state index contributed by atoms with van der Waals surface area (Å²) in [6.45, 7) is 3.07. The molecule has 0 unspecified atom stereocenters. The summed E-state index contributed by atoms with van der Waals surface area (Å²) in [5.41, 5.74) is 5.85. The number of amides is 1. The van der Waals surface area contributed by atoms with Gasteiger partial charge in [-0.2, -0.15) is 13.2 Å². The molecular weight excluding hydrogens is 376 g/mol. The molecule has 0 bridgehead atoms. The second-order valence-electron chi connectivity index (χ2n) is 6.29. The van der Waals surface area contributed by atoms with Crippen LogP contribution in [0.1, 0.15) is 25.3 Å². The molecule has 1 aromatic carbocycles. The Hall–Kier alpha value is -1.81. The zero-order valence-electron chi connectivity index (χ0n) is 14.9. The number of halogens is 6. The third-order valence-corrected chi connectivity index (χ3v) is 3.70. The number of carbonyl (C=O) groups excluding carboxylic acids is 1. The van der Waals surface area contributed by atoms with Gasteiger partial charge in [0.25, 0.3) is 0 Å². The molecule has 10 heteroatoms. The van der Waals surface area contributed by atoms with E-state index >= 15 is 0 Å². The van der Waals surface area contributed by atoms with Crippen molar-refractivity contribution in [2.75, 3.05) is 26.2 Å². The zero-order chi connectivity index (χ0) is 20.6. The minimum Gasteiger partial charge on any atom is -0.341 e. The van der Waals surface area contributed by atoms with E-state index < -0.39 is 29.7 Å². The predicted octanol–water partition coefficient (Wildman–Crippen LogP) is 2.75. The summed E-state index contributed by atoms with van der Waals surface area (Å²) in [7, 11) is 0. The molecule has 154 valence electrons. The van der Waals surface area contributed by atoms with Gasteiger partial charge in [-0.25, -0.2) is 13.2 Å². The first-order chi connectivity index (χ1) is 12.5. The smallest absolute Gasteiger partial charge is 0.341 e. The van der Waals surface area contributed by atoms with E-state index in [1.165, 1.54) is 0 Å². The van der Waals surface area contributed by atoms with Gasteiger partial charge in [0.2, 0.25) is 5.91 Å². The molecule has 0 aromatic heterocycles. The molecule has 0 saturated carbocycles. The van der Waals surface area contributed by atoms with Gasteiger partial charge >= 0.3 is 6.18 Å². The van der Waals surface area contributed by atoms with Gasteiger partial charge in [0.15, 0.2) is 11.6 Å². The van der Waals surface area contributed by atoms with E-state index in [0.29, 0.717) is 19.2 Å². The number of rotatable bonds is 4. The number of hydrogen-bond donors (Lipinski definition) is 2. The molecule has 1 atom stereocenters. The highest BCUT2D eigenvalue weighted by atomic mass is 19.4. The van der Waals surface area contributed by atoms with Crippen molar-refractivity contribution in [1.82, 2.24) is 10.2 Å². The Bertz CT molecular complexity index is 609. The summed E-state index contributed by atoms with van der Waals surface area (Å²) in [6.07, 6.45) is -3.09. The van der Waals surface area contributed by atoms with Crippen LogP contribution in [0.5, 0.6) is 0 Å². The molecule has 1 aliphatic heterocycles. The van der Waals surface area contributed by atoms with E-state index in [1.54, 1.807) is 4.90 Å². The number of benzene rings is 1. The van der Waals surface area contributed by atoms with E-state index in [9.17, 15) is 31.1 Å². The first-order valence-electron chi connectivity index (χ1n) is 8.41. The van der Waals surface area contributed by atoms with Crippen LogP contribution in [-0.4, -0.2) is 49.2 Å². The average molecular weight is 399 g/mol. The van der Waals surface area contributed by atoms with Crippen LogP contribution in [0.4, 0.5) is 26.3 Å². The minimum absolute atomic E-state index is 0.0130. The average Bonchev–Trinajstić information content (AvgIpc) is 2.80. The monoisotopic (exact) mass is 399 g/mol. The van der Waals surface area contributed by atoms with Gasteiger partial charge in [-0.05, 0) is 31.0 Å². The predicted molar refractivity (Wildman–Crippen MR) is 88.4 cm³/mol. The Morgan fingerprint density at radius 2 is 1.74 bits per heavy atom. The molecular formula is C17H23F6N3O. The van der Waals surface area contributed by atoms with Crippen LogP contribution in [0.3, 0.4) is 0 Å². The molecule has 1 fully saturated rings. The van der Waals surface area contributed by atoms with Crippen molar-refractivity contribution in [3.8, 4) is 0 Å². The van der Waals surface area contributed by atoms with E-state index in [2.05, 4.69) is 5.32 Å². The summed E-state index contributed by atoms with van der Waals surface area (Å²) in [5.74, 6) is -3.29. The van der Waals surface area contributed by atoms with Gasteiger partial charge in [-0.15, -0.1) is 0 Å². The van der Waals surface area contributed by atoms with Crippen molar-refractivity contribution >= 4 is 5.91 Å². The topological polar surface area (TPSA) is 58.4 Å². The fraction of sp³-hybridized carbons (Fsp3) is 0.588. The highest BCUT2D eigenvalue weighted by molar-refractivity contribution is 5.76. The van der Waals surface area contributed by atoms with Crippen molar-refractivity contribution in [3.05, 3.63) is 35.1 Å². The molecule has 3 N–H and O–H groups in total. The van der Waals surface area contributed by atoms with Crippen LogP contribution in [0, 0.1) is 17.5 Å². The Morgan fingerprint density at radius 1 is 1.15 bits per heavy atom. The lowest BCUT2D eigenvalue weighted by molar-refractivity contribution is -0.131. The number of hydrogen-bond acceptors (Lipinski definition) is 3. The van der Waals surface area contributed by atoms with Crippen molar-refractivity contribution in [1.29, 1.82) is 0 Å². The van der Waals surface area contributed by atoms with Gasteiger partial charge in [0.05, 0.1) is 0 Å². The molecule has 0 spiro atoms. The highest BCUT2D eigenvalue weighted by Crippen LogP contribution is 2.16. The van der Waals surface area contributed by atoms with Crippen LogP contribution in [0.15, 0.2) is 12.1 Å². The van der Waals surface area contributed by atoms with Crippen molar-refractivity contribution < 1.29 is 31.1 Å². The maximum absolute atomic E-state index is 13.6. The van der Waals surface area contributed by atoms with Crippen LogP contribution < -0.4 is 11.1 Å². The maximum atomic E-state index is 13.6. The first-order valence-corrected chi connectivity index (χ1v) is 8.41. The number of nitrogens with one attached hydrogen (secondary N) is 1. The lowest BCUT2D eigenvalue weighted by Crippen LogP contribution is -2.38. The van der Waals surface area contributed by atoms with E-state index in [-0.39, 0.29) is 31.2 Å². The first kappa shape index (κ1) is 23.2. The highest BCUT2D eigenvalue weighted by Gasteiger charge is 2.20. The molecule has 1 heterocycles. The fourth-order valence-electron chi connectivity index (χ4n) is 2.52. The molecule has 27 heavy (non-hydrogen) atoms. The molecule has 1 saturated heterocycles. The summed E-state index contributed by atoms with van der Waals surface area (Å²) >= 11 is 0. The summed E-state index contributed by atoms with van der Waals surface area (Å²) in [6, 6.07) is 0.660. The minimum atomic E-state index is -4.00. The summed E-state index contributed by atoms with van der Waals surface area (Å²) in [4.78, 5) is 13.9. The molecule has 1 aromatic rings. The lowest BCUT2D eigenvalue weighted by atomic mass is 10.0. The molecule has 1 amide bonds. The molecule has 2 rings (SSSR count). The lowest BCUT2D eigenvalue weighted by Gasteiger charge is -2.22. The third-order valence-electron chi connectivity index (χ3n) is 3.70. The van der Waals surface area contributed by atoms with E-state index in [4.69, 9.17) is 5.73 Å². The quantitative estimate of drug-likeness (QED) is 0.605. The maximum Gasteiger partial charge on any atom is 0.386 e. The van der Waals surface area contributed by atoms with Gasteiger partial charge in [-0.3, -0.25) is 4.79 Å². The Labute approximate surface area is 153 Å². The molecule has 1 aliphatic rings. The van der Waals surface area contributed by atoms with Gasteiger partial charge in [0.1, 0.15) is 5.82 Å². The molecule has 0 radical (unpaired) electrons. The van der Waals surface area contributed by atoms with Crippen molar-refractivity contribution in [2.45, 2.75) is 38.4 Å². The second kappa shape index (κ2) is 10.5. The number of nitrogens with zero attached hydrogens (tertiary/aromatic N) is 1. The van der Waals surface area contributed by atoms with Crippen molar-refractivity contribution in [2.24, 2.45) is 5.73 Å². The van der Waals surface area contributed by atoms with Crippen molar-refractivity contribution in [3.63, 3.8) is 0 Å². The van der Waals surface area contributed by atoms with E-state index in [1.807, 2.05) is 0 Å². The van der Waals surface area contributed by atoms with Gasteiger partial charge in [-0.1, -0.05) is 0 Å². The SMILES string of the molecule is CC(F)(F)F.N[C@@H](CC(=O)N1CCCNCC1)Cc1cc(F)c(F)cc1F. The number of carbonyl (C=O) groups is 1. The standard InChI is InChI=1S/C15H20F3N3O.C2H3F3/c16-12-9-14(18)13(17)7-10(12)6-11(19)8-15(22)21-4-1-2-20-3-5-21;1-2(3,4)5/h7,9,11,20H,1-6,8,19H2;1H3/t11-;/m1./s1. The van der Waals surface area contributed by atoms with Crippen LogP contribution in [-0.2, 0) is 11.2 Å². The molecule has 0 aliphatic carbocycles. The summed E-state index contributed by atoms with van der Waals surface area (Å²) < 4.78 is 70.7. The van der Waals surface area contributed by atoms with Gasteiger partial charge < -0.3 is 16.0 Å². The Balaban J connectivity index is 0.000000646. The second-order valence-corrected chi connectivity index (χ2v) is 6.29. The van der Waals surface area contributed by atoms with Crippen LogP contribution in [0.25, 0.3) is 0 Å². The third kappa shape index (κ3) is 9.62. The Morgan fingerprint density at radius 3 is 2.37 bits per heavy atom.